The summed E-state index contributed by atoms with van der Waals surface area (Å²) in [6.45, 7) is 1.20. The van der Waals surface area contributed by atoms with Crippen molar-refractivity contribution < 1.29 is 14.3 Å². The molecule has 1 aromatic carbocycles. The molecule has 2 aromatic rings. The molecule has 1 aromatic heterocycles. The predicted octanol–water partition coefficient (Wildman–Crippen LogP) is 2.37. The summed E-state index contributed by atoms with van der Waals surface area (Å²) in [6.07, 6.45) is 4.39. The molecule has 1 aliphatic heterocycles. The van der Waals surface area contributed by atoms with Crippen molar-refractivity contribution in [3.05, 3.63) is 59.9 Å². The Hall–Kier alpha value is -2.39. The van der Waals surface area contributed by atoms with E-state index in [1.54, 1.807) is 18.5 Å². The molecule has 3 rings (SSSR count). The average molecular weight is 456 g/mol. The predicted molar refractivity (Wildman–Crippen MR) is 120 cm³/mol. The second kappa shape index (κ2) is 13.0. The molecule has 1 aliphatic rings. The van der Waals surface area contributed by atoms with Gasteiger partial charge in [0.1, 0.15) is 6.10 Å². The highest BCUT2D eigenvalue weighted by molar-refractivity contribution is 5.89. The summed E-state index contributed by atoms with van der Waals surface area (Å²) in [5.74, 6) is -0.135. The van der Waals surface area contributed by atoms with Crippen LogP contribution in [0.4, 0.5) is 10.5 Å². The van der Waals surface area contributed by atoms with Crippen LogP contribution >= 0.6 is 24.8 Å². The number of ether oxygens (including phenoxy) is 1. The fourth-order valence-electron chi connectivity index (χ4n) is 2.99. The number of rotatable bonds is 7. The molecular weight excluding hydrogens is 429 g/mol. The molecule has 3 amide bonds. The number of hydrogen-bond donors (Lipinski definition) is 4. The standard InChI is InChI=1S/C20H25N5O3.2ClH/c21-11-17-4-5-18(28-17)19(26)23-13-15-2-1-3-16(10-15)25-20(27)24-12-14-6-8-22-9-7-14;;/h1-3,6-10,17-18H,4-5,11-13,21H2,(H,23,26)(H2,24,25,27);2*1H/t17-,18+;;/m1../s1. The molecule has 0 radical (unpaired) electrons. The highest BCUT2D eigenvalue weighted by atomic mass is 35.5. The minimum atomic E-state index is -0.436. The molecular formula is C20H27Cl2N5O3. The summed E-state index contributed by atoms with van der Waals surface area (Å²) in [5, 5.41) is 8.46. The maximum atomic E-state index is 12.2. The number of nitrogens with two attached hydrogens (primary N) is 1. The van der Waals surface area contributed by atoms with E-state index >= 15 is 0 Å². The molecule has 0 bridgehead atoms. The number of carbonyl (C=O) groups is 2. The number of pyridine rings is 1. The first kappa shape index (κ1) is 25.6. The van der Waals surface area contributed by atoms with E-state index in [1.165, 1.54) is 0 Å². The molecule has 2 atom stereocenters. The number of nitrogens with zero attached hydrogens (tertiary/aromatic N) is 1. The number of hydrogen-bond acceptors (Lipinski definition) is 5. The highest BCUT2D eigenvalue weighted by Crippen LogP contribution is 2.19. The summed E-state index contributed by atoms with van der Waals surface area (Å²) >= 11 is 0. The van der Waals surface area contributed by atoms with E-state index < -0.39 is 6.10 Å². The third kappa shape index (κ3) is 7.79. The topological polar surface area (TPSA) is 118 Å². The van der Waals surface area contributed by atoms with Crippen LogP contribution in [0.3, 0.4) is 0 Å². The first-order valence-corrected chi connectivity index (χ1v) is 9.30. The number of aromatic nitrogens is 1. The molecule has 0 saturated carbocycles. The third-order valence-electron chi connectivity index (χ3n) is 4.52. The molecule has 5 N–H and O–H groups in total. The first-order valence-electron chi connectivity index (χ1n) is 9.30. The number of carbonyl (C=O) groups excluding carboxylic acids is 2. The van der Waals surface area contributed by atoms with Crippen LogP contribution in [0, 0.1) is 0 Å². The molecule has 0 unspecified atom stereocenters. The summed E-state index contributed by atoms with van der Waals surface area (Å²) < 4.78 is 5.59. The summed E-state index contributed by atoms with van der Waals surface area (Å²) in [6, 6.07) is 10.7. The van der Waals surface area contributed by atoms with Gasteiger partial charge in [-0.2, -0.15) is 0 Å². The van der Waals surface area contributed by atoms with Gasteiger partial charge in [0, 0.05) is 37.7 Å². The number of anilines is 1. The van der Waals surface area contributed by atoms with E-state index in [1.807, 2.05) is 30.3 Å². The van der Waals surface area contributed by atoms with Crippen molar-refractivity contribution in [3.8, 4) is 0 Å². The number of benzene rings is 1. The highest BCUT2D eigenvalue weighted by Gasteiger charge is 2.29. The zero-order valence-corrected chi connectivity index (χ0v) is 18.0. The van der Waals surface area contributed by atoms with Crippen molar-refractivity contribution in [2.24, 2.45) is 5.73 Å². The van der Waals surface area contributed by atoms with Gasteiger partial charge in [-0.1, -0.05) is 12.1 Å². The van der Waals surface area contributed by atoms with E-state index in [0.29, 0.717) is 31.7 Å². The lowest BCUT2D eigenvalue weighted by Crippen LogP contribution is -2.35. The van der Waals surface area contributed by atoms with Crippen molar-refractivity contribution in [1.82, 2.24) is 15.6 Å². The Labute approximate surface area is 188 Å². The van der Waals surface area contributed by atoms with Gasteiger partial charge in [0.15, 0.2) is 0 Å². The Morgan fingerprint density at radius 2 is 1.77 bits per heavy atom. The average Bonchev–Trinajstić information content (AvgIpc) is 3.21. The lowest BCUT2D eigenvalue weighted by atomic mass is 10.1. The Bertz CT molecular complexity index is 810. The third-order valence-corrected chi connectivity index (χ3v) is 4.52. The largest absolute Gasteiger partial charge is 0.364 e. The zero-order chi connectivity index (χ0) is 19.8. The van der Waals surface area contributed by atoms with Crippen LogP contribution < -0.4 is 21.7 Å². The van der Waals surface area contributed by atoms with Gasteiger partial charge in [-0.05, 0) is 48.2 Å². The molecule has 0 aliphatic carbocycles. The van der Waals surface area contributed by atoms with Gasteiger partial charge in [0.2, 0.25) is 5.91 Å². The van der Waals surface area contributed by atoms with Gasteiger partial charge in [-0.3, -0.25) is 9.78 Å². The van der Waals surface area contributed by atoms with E-state index in [2.05, 4.69) is 20.9 Å². The van der Waals surface area contributed by atoms with E-state index in [4.69, 9.17) is 10.5 Å². The lowest BCUT2D eigenvalue weighted by molar-refractivity contribution is -0.132. The Balaban J connectivity index is 0.00000225. The number of urea groups is 1. The fraction of sp³-hybridized carbons (Fsp3) is 0.350. The molecule has 164 valence electrons. The quantitative estimate of drug-likeness (QED) is 0.510. The normalized spacial score (nSPS) is 17.2. The first-order chi connectivity index (χ1) is 13.6. The van der Waals surface area contributed by atoms with E-state index in [0.717, 1.165) is 17.5 Å². The SMILES string of the molecule is Cl.Cl.NC[C@H]1CC[C@@H](C(=O)NCc2cccc(NC(=O)NCc3ccncc3)c2)O1. The number of nitrogens with one attached hydrogen (secondary N) is 3. The zero-order valence-electron chi connectivity index (χ0n) is 16.4. The second-order valence-electron chi connectivity index (χ2n) is 6.64. The van der Waals surface area contributed by atoms with Crippen LogP contribution in [0.15, 0.2) is 48.8 Å². The Kier molecular flexibility index (Phi) is 11.1. The molecule has 1 fully saturated rings. The van der Waals surface area contributed by atoms with Crippen LogP contribution in [0.1, 0.15) is 24.0 Å². The van der Waals surface area contributed by atoms with Gasteiger partial charge in [-0.15, -0.1) is 24.8 Å². The molecule has 0 spiro atoms. The van der Waals surface area contributed by atoms with Gasteiger partial charge in [0.25, 0.3) is 0 Å². The smallest absolute Gasteiger partial charge is 0.319 e. The molecule has 2 heterocycles. The van der Waals surface area contributed by atoms with Crippen molar-refractivity contribution in [1.29, 1.82) is 0 Å². The minimum absolute atomic E-state index is 0. The Morgan fingerprint density at radius 1 is 1.03 bits per heavy atom. The van der Waals surface area contributed by atoms with Crippen LogP contribution in [0.5, 0.6) is 0 Å². The monoisotopic (exact) mass is 455 g/mol. The summed E-state index contributed by atoms with van der Waals surface area (Å²) in [4.78, 5) is 28.2. The summed E-state index contributed by atoms with van der Waals surface area (Å²) in [5.41, 5.74) is 8.07. The van der Waals surface area contributed by atoms with Crippen molar-refractivity contribution in [2.75, 3.05) is 11.9 Å². The number of halogens is 2. The number of amides is 3. The van der Waals surface area contributed by atoms with E-state index in [9.17, 15) is 9.59 Å². The van der Waals surface area contributed by atoms with Gasteiger partial charge >= 0.3 is 6.03 Å². The van der Waals surface area contributed by atoms with Crippen LogP contribution in [-0.4, -0.2) is 35.7 Å². The van der Waals surface area contributed by atoms with Crippen LogP contribution in [0.25, 0.3) is 0 Å². The molecule has 8 nitrogen and oxygen atoms in total. The maximum absolute atomic E-state index is 12.2. The van der Waals surface area contributed by atoms with Crippen molar-refractivity contribution >= 4 is 42.4 Å². The Morgan fingerprint density at radius 3 is 2.47 bits per heavy atom. The van der Waals surface area contributed by atoms with Crippen LogP contribution in [-0.2, 0) is 22.6 Å². The van der Waals surface area contributed by atoms with Gasteiger partial charge in [0.05, 0.1) is 6.10 Å². The van der Waals surface area contributed by atoms with Gasteiger partial charge < -0.3 is 26.4 Å². The van der Waals surface area contributed by atoms with E-state index in [-0.39, 0.29) is 42.9 Å². The fourth-order valence-corrected chi connectivity index (χ4v) is 2.99. The van der Waals surface area contributed by atoms with Crippen LogP contribution in [0.2, 0.25) is 0 Å². The lowest BCUT2D eigenvalue weighted by Gasteiger charge is -2.13. The summed E-state index contributed by atoms with van der Waals surface area (Å²) in [7, 11) is 0. The van der Waals surface area contributed by atoms with Crippen molar-refractivity contribution in [3.63, 3.8) is 0 Å². The second-order valence-corrected chi connectivity index (χ2v) is 6.64. The molecule has 30 heavy (non-hydrogen) atoms. The van der Waals surface area contributed by atoms with Gasteiger partial charge in [-0.25, -0.2) is 4.79 Å². The van der Waals surface area contributed by atoms with Crippen molar-refractivity contribution in [2.45, 2.75) is 38.1 Å². The molecule has 1 saturated heterocycles. The minimum Gasteiger partial charge on any atom is -0.364 e. The maximum Gasteiger partial charge on any atom is 0.319 e. The molecule has 10 heteroatoms.